The molecule has 0 unspecified atom stereocenters. The lowest BCUT2D eigenvalue weighted by Gasteiger charge is -2.25. The molecule has 4 aromatic rings. The minimum atomic E-state index is -0.643. The molecule has 3 aromatic carbocycles. The van der Waals surface area contributed by atoms with Gasteiger partial charge in [-0.15, -0.1) is 0 Å². The predicted octanol–water partition coefficient (Wildman–Crippen LogP) is 5.79. The molecule has 0 amide bonds. The molecule has 0 fully saturated rings. The van der Waals surface area contributed by atoms with E-state index in [0.717, 1.165) is 21.2 Å². The number of carbonyl (C=O) groups excluding carboxylic acids is 1. The third-order valence-electron chi connectivity index (χ3n) is 6.33. The number of methoxy groups -OCH3 is 1. The van der Waals surface area contributed by atoms with Crippen molar-refractivity contribution in [3.63, 3.8) is 0 Å². The van der Waals surface area contributed by atoms with E-state index in [0.29, 0.717) is 44.4 Å². The highest BCUT2D eigenvalue weighted by atomic mass is 79.9. The molecule has 5 rings (SSSR count). The topological polar surface area (TPSA) is 69.9 Å². The number of nitrogens with zero attached hydrogens (tertiary/aromatic N) is 2. The molecule has 1 atom stereocenters. The molecule has 0 bridgehead atoms. The maximum Gasteiger partial charge on any atom is 0.338 e. The van der Waals surface area contributed by atoms with Crippen LogP contribution in [0.15, 0.2) is 98.3 Å². The van der Waals surface area contributed by atoms with E-state index < -0.39 is 12.0 Å². The summed E-state index contributed by atoms with van der Waals surface area (Å²) in [5, 5.41) is 0.661. The Labute approximate surface area is 242 Å². The summed E-state index contributed by atoms with van der Waals surface area (Å²) in [4.78, 5) is 32.1. The van der Waals surface area contributed by atoms with E-state index in [2.05, 4.69) is 15.9 Å². The van der Waals surface area contributed by atoms with Gasteiger partial charge in [-0.05, 0) is 54.0 Å². The summed E-state index contributed by atoms with van der Waals surface area (Å²) in [7, 11) is 1.34. The summed E-state index contributed by atoms with van der Waals surface area (Å²) in [5.41, 5.74) is 3.26. The predicted molar refractivity (Wildman–Crippen MR) is 157 cm³/mol. The van der Waals surface area contributed by atoms with Crippen LogP contribution in [0.25, 0.3) is 6.08 Å². The number of esters is 1. The van der Waals surface area contributed by atoms with Crippen LogP contribution in [0.1, 0.15) is 36.1 Å². The van der Waals surface area contributed by atoms with Crippen molar-refractivity contribution in [2.24, 2.45) is 4.99 Å². The van der Waals surface area contributed by atoms with Crippen molar-refractivity contribution in [1.82, 2.24) is 4.57 Å². The van der Waals surface area contributed by atoms with E-state index in [1.807, 2.05) is 79.7 Å². The Balaban J connectivity index is 1.63. The summed E-state index contributed by atoms with van der Waals surface area (Å²) in [6, 6.07) is 21.9. The molecule has 0 saturated carbocycles. The van der Waals surface area contributed by atoms with Crippen LogP contribution >= 0.6 is 38.9 Å². The van der Waals surface area contributed by atoms with E-state index in [-0.39, 0.29) is 5.56 Å². The van der Waals surface area contributed by atoms with Gasteiger partial charge >= 0.3 is 5.97 Å². The fraction of sp³-hybridized carbons (Fsp3) is 0.167. The van der Waals surface area contributed by atoms with Gasteiger partial charge in [0.05, 0.1) is 29.0 Å². The molecule has 39 heavy (non-hydrogen) atoms. The lowest BCUT2D eigenvalue weighted by Crippen LogP contribution is -2.40. The third-order valence-corrected chi connectivity index (χ3v) is 8.06. The SMILES string of the molecule is CCC1=C(C(=O)OC)[C@@H](c2ccccc2)n2c(s/c(=C\c3cc(Br)ccc3OCc3ccc(Cl)cc3)c2=O)=N1. The van der Waals surface area contributed by atoms with Crippen molar-refractivity contribution >= 4 is 50.9 Å². The van der Waals surface area contributed by atoms with E-state index in [1.54, 1.807) is 10.6 Å². The van der Waals surface area contributed by atoms with Crippen LogP contribution in [0.5, 0.6) is 5.75 Å². The van der Waals surface area contributed by atoms with Crippen molar-refractivity contribution in [2.45, 2.75) is 26.0 Å². The first-order valence-electron chi connectivity index (χ1n) is 12.2. The summed E-state index contributed by atoms with van der Waals surface area (Å²) in [6.07, 6.45) is 2.33. The Morgan fingerprint density at radius 1 is 1.13 bits per heavy atom. The van der Waals surface area contributed by atoms with Crippen molar-refractivity contribution in [2.75, 3.05) is 7.11 Å². The highest BCUT2D eigenvalue weighted by Crippen LogP contribution is 2.32. The maximum atomic E-state index is 13.9. The van der Waals surface area contributed by atoms with Gasteiger partial charge in [-0.2, -0.15) is 0 Å². The molecule has 0 N–H and O–H groups in total. The number of thiazole rings is 1. The first-order chi connectivity index (χ1) is 18.9. The van der Waals surface area contributed by atoms with Gasteiger partial charge in [0, 0.05) is 15.1 Å². The maximum absolute atomic E-state index is 13.9. The number of aromatic nitrogens is 1. The summed E-state index contributed by atoms with van der Waals surface area (Å²) >= 11 is 10.8. The zero-order valence-electron chi connectivity index (χ0n) is 21.2. The normalized spacial score (nSPS) is 15.1. The summed E-state index contributed by atoms with van der Waals surface area (Å²) < 4.78 is 14.2. The lowest BCUT2D eigenvalue weighted by molar-refractivity contribution is -0.136. The molecule has 6 nitrogen and oxygen atoms in total. The van der Waals surface area contributed by atoms with Crippen LogP contribution < -0.4 is 19.6 Å². The molecule has 2 heterocycles. The second kappa shape index (κ2) is 11.7. The minimum absolute atomic E-state index is 0.243. The zero-order valence-corrected chi connectivity index (χ0v) is 24.3. The monoisotopic (exact) mass is 622 g/mol. The minimum Gasteiger partial charge on any atom is -0.488 e. The van der Waals surface area contributed by atoms with Gasteiger partial charge in [0.1, 0.15) is 12.4 Å². The van der Waals surface area contributed by atoms with Crippen LogP contribution in [0.3, 0.4) is 0 Å². The molecule has 1 aliphatic heterocycles. The van der Waals surface area contributed by atoms with E-state index in [9.17, 15) is 9.59 Å². The third kappa shape index (κ3) is 5.64. The van der Waals surface area contributed by atoms with Crippen LogP contribution in [-0.4, -0.2) is 17.6 Å². The second-order valence-corrected chi connectivity index (χ2v) is 11.2. The molecular weight excluding hydrogens is 600 g/mol. The number of rotatable bonds is 7. The first-order valence-corrected chi connectivity index (χ1v) is 14.2. The highest BCUT2D eigenvalue weighted by Gasteiger charge is 2.33. The molecule has 1 aliphatic rings. The number of hydrogen-bond donors (Lipinski definition) is 0. The molecule has 0 spiro atoms. The quantitative estimate of drug-likeness (QED) is 0.244. The Bertz CT molecular complexity index is 1740. The Hall–Kier alpha value is -3.46. The highest BCUT2D eigenvalue weighted by molar-refractivity contribution is 9.10. The largest absolute Gasteiger partial charge is 0.488 e. The number of ether oxygens (including phenoxy) is 2. The summed E-state index contributed by atoms with van der Waals surface area (Å²) in [5.74, 6) is 0.131. The van der Waals surface area contributed by atoms with Gasteiger partial charge in [-0.3, -0.25) is 9.36 Å². The molecule has 198 valence electrons. The van der Waals surface area contributed by atoms with Gasteiger partial charge in [0.25, 0.3) is 5.56 Å². The molecule has 0 radical (unpaired) electrons. The molecule has 0 saturated heterocycles. The van der Waals surface area contributed by atoms with Crippen molar-refractivity contribution < 1.29 is 14.3 Å². The standard InChI is InChI=1S/C30H24BrClN2O4S/c1-3-23-26(29(36)37-2)27(19-7-5-4-6-8-19)34-28(35)25(39-30(34)33-23)16-20-15-21(31)11-14-24(20)38-17-18-9-12-22(32)13-10-18/h4-16,27H,3,17H2,1-2H3/b25-16-/t27-/m1/s1. The molecule has 1 aromatic heterocycles. The Kier molecular flexibility index (Phi) is 8.16. The Morgan fingerprint density at radius 3 is 2.56 bits per heavy atom. The van der Waals surface area contributed by atoms with Gasteiger partial charge < -0.3 is 9.47 Å². The summed E-state index contributed by atoms with van der Waals surface area (Å²) in [6.45, 7) is 2.28. The molecule has 0 aliphatic carbocycles. The van der Waals surface area contributed by atoms with Crippen LogP contribution in [0, 0.1) is 0 Å². The van der Waals surface area contributed by atoms with Crippen molar-refractivity contribution in [3.8, 4) is 5.75 Å². The first kappa shape index (κ1) is 27.1. The number of fused-ring (bicyclic) bond motifs is 1. The number of hydrogen-bond acceptors (Lipinski definition) is 6. The molecular formula is C30H24BrClN2O4S. The van der Waals surface area contributed by atoms with Gasteiger partial charge in [-0.25, -0.2) is 9.79 Å². The molecule has 9 heteroatoms. The van der Waals surface area contributed by atoms with Crippen LogP contribution in [-0.2, 0) is 16.1 Å². The van der Waals surface area contributed by atoms with Crippen molar-refractivity contribution in [1.29, 1.82) is 0 Å². The van der Waals surface area contributed by atoms with Gasteiger partial charge in [0.2, 0.25) is 0 Å². The number of halogens is 2. The van der Waals surface area contributed by atoms with Gasteiger partial charge in [0.15, 0.2) is 4.80 Å². The van der Waals surface area contributed by atoms with Crippen molar-refractivity contribution in [3.05, 3.63) is 130 Å². The fourth-order valence-electron chi connectivity index (χ4n) is 4.46. The average Bonchev–Trinajstić information content (AvgIpc) is 3.26. The zero-order chi connectivity index (χ0) is 27.5. The second-order valence-electron chi connectivity index (χ2n) is 8.80. The van der Waals surface area contributed by atoms with E-state index in [1.165, 1.54) is 18.4 Å². The van der Waals surface area contributed by atoms with E-state index in [4.69, 9.17) is 26.1 Å². The number of benzene rings is 3. The number of carbonyl (C=O) groups is 1. The lowest BCUT2D eigenvalue weighted by atomic mass is 9.95. The van der Waals surface area contributed by atoms with Gasteiger partial charge in [-0.1, -0.05) is 88.3 Å². The fourth-order valence-corrected chi connectivity index (χ4v) is 5.98. The Morgan fingerprint density at radius 2 is 1.87 bits per heavy atom. The van der Waals surface area contributed by atoms with E-state index >= 15 is 0 Å². The van der Waals surface area contributed by atoms with Crippen LogP contribution in [0.4, 0.5) is 0 Å². The van der Waals surface area contributed by atoms with Crippen LogP contribution in [0.2, 0.25) is 5.02 Å². The number of allylic oxidation sites excluding steroid dienone is 1. The smallest absolute Gasteiger partial charge is 0.338 e. The average molecular weight is 624 g/mol.